The predicted octanol–water partition coefficient (Wildman–Crippen LogP) is 13.1. The first kappa shape index (κ1) is 35.4. The Morgan fingerprint density at radius 1 is 0.459 bits per heavy atom. The van der Waals surface area contributed by atoms with Crippen LogP contribution in [0.1, 0.15) is 26.3 Å². The van der Waals surface area contributed by atoms with E-state index < -0.39 is 0 Å². The SMILES string of the molecule is CC(C)(C)c1cc2c3c(c1)N(c1ccccc1)c1cc(N(c4ccccc4)c4ccccc4)c4ccccc4c1B3c1cc3c4ccccc4n(-c4ccccc4)c3cc1O2. The van der Waals surface area contributed by atoms with E-state index in [2.05, 4.69) is 235 Å². The van der Waals surface area contributed by atoms with Gasteiger partial charge < -0.3 is 19.1 Å². The summed E-state index contributed by atoms with van der Waals surface area (Å²) in [7, 11) is 0. The maximum atomic E-state index is 7.30. The topological polar surface area (TPSA) is 20.6 Å². The summed E-state index contributed by atoms with van der Waals surface area (Å²) < 4.78 is 9.68. The highest BCUT2D eigenvalue weighted by Gasteiger charge is 2.44. The zero-order valence-electron chi connectivity index (χ0n) is 34.4. The van der Waals surface area contributed by atoms with Crippen molar-refractivity contribution in [2.75, 3.05) is 9.80 Å². The molecule has 0 saturated heterocycles. The molecule has 0 spiro atoms. The number of fused-ring (bicyclic) bond motifs is 9. The van der Waals surface area contributed by atoms with Gasteiger partial charge in [-0.2, -0.15) is 0 Å². The average Bonchev–Trinajstić information content (AvgIpc) is 3.62. The number of rotatable bonds is 5. The lowest BCUT2D eigenvalue weighted by atomic mass is 9.33. The van der Waals surface area contributed by atoms with Crippen LogP contribution in [0, 0.1) is 0 Å². The molecule has 0 amide bonds. The minimum atomic E-state index is -0.136. The molecule has 4 nitrogen and oxygen atoms in total. The van der Waals surface area contributed by atoms with Crippen LogP contribution in [-0.4, -0.2) is 11.3 Å². The van der Waals surface area contributed by atoms with Gasteiger partial charge in [-0.3, -0.25) is 0 Å². The van der Waals surface area contributed by atoms with Crippen molar-refractivity contribution in [1.29, 1.82) is 0 Å². The van der Waals surface area contributed by atoms with E-state index >= 15 is 0 Å². The Kier molecular flexibility index (Phi) is 7.86. The minimum Gasteiger partial charge on any atom is -0.458 e. The van der Waals surface area contributed by atoms with Crippen molar-refractivity contribution in [3.8, 4) is 17.2 Å². The molecule has 5 heteroatoms. The standard InChI is InChI=1S/C56H42BN3O/c1-56(2,3)37-32-50-55-53(33-37)61-52-36-49-45(43-29-18-19-31-47(43)59(49)40-24-12-6-13-25-40)34-46(52)57(55)54-44-30-17-16-28-42(44)48(35-51(54)60(50)41-26-14-7-15-27-41)58(38-20-8-4-9-21-38)39-22-10-5-11-23-39/h4-36H,1-3H3. The van der Waals surface area contributed by atoms with Gasteiger partial charge in [0.2, 0.25) is 0 Å². The van der Waals surface area contributed by atoms with Crippen LogP contribution in [-0.2, 0) is 5.41 Å². The monoisotopic (exact) mass is 783 g/mol. The van der Waals surface area contributed by atoms with E-state index in [9.17, 15) is 0 Å². The molecule has 3 heterocycles. The van der Waals surface area contributed by atoms with Crippen molar-refractivity contribution in [2.45, 2.75) is 26.2 Å². The largest absolute Gasteiger partial charge is 0.458 e. The summed E-state index contributed by atoms with van der Waals surface area (Å²) in [6, 6.07) is 72.8. The van der Waals surface area contributed by atoms with Gasteiger partial charge in [-0.05, 0) is 106 Å². The van der Waals surface area contributed by atoms with Crippen LogP contribution in [0.25, 0.3) is 38.3 Å². The Labute approximate surface area is 356 Å². The second-order valence-electron chi connectivity index (χ2n) is 17.3. The highest BCUT2D eigenvalue weighted by Crippen LogP contribution is 2.48. The van der Waals surface area contributed by atoms with E-state index in [1.807, 2.05) is 0 Å². The molecule has 0 radical (unpaired) electrons. The van der Waals surface area contributed by atoms with Crippen LogP contribution in [0.4, 0.5) is 34.1 Å². The molecule has 0 aliphatic carbocycles. The molecule has 9 aromatic carbocycles. The molecule has 0 saturated carbocycles. The molecule has 0 bridgehead atoms. The summed E-state index contributed by atoms with van der Waals surface area (Å²) in [6.45, 7) is 6.78. The number of hydrogen-bond acceptors (Lipinski definition) is 3. The maximum absolute atomic E-state index is 7.30. The van der Waals surface area contributed by atoms with Crippen molar-refractivity contribution in [2.24, 2.45) is 0 Å². The van der Waals surface area contributed by atoms with E-state index in [1.54, 1.807) is 0 Å². The predicted molar refractivity (Wildman–Crippen MR) is 258 cm³/mol. The summed E-state index contributed by atoms with van der Waals surface area (Å²) in [5.41, 5.74) is 14.9. The summed E-state index contributed by atoms with van der Waals surface area (Å²) in [5, 5.41) is 4.84. The summed E-state index contributed by atoms with van der Waals surface area (Å²) >= 11 is 0. The molecule has 10 aromatic rings. The van der Waals surface area contributed by atoms with E-state index in [0.717, 1.165) is 56.8 Å². The zero-order chi connectivity index (χ0) is 40.8. The van der Waals surface area contributed by atoms with Gasteiger partial charge in [0.15, 0.2) is 0 Å². The molecule has 0 N–H and O–H groups in total. The second-order valence-corrected chi connectivity index (χ2v) is 17.3. The van der Waals surface area contributed by atoms with Crippen LogP contribution in [0.3, 0.4) is 0 Å². The van der Waals surface area contributed by atoms with Crippen LogP contribution in [0.15, 0.2) is 200 Å². The van der Waals surface area contributed by atoms with Gasteiger partial charge in [0, 0.05) is 56.3 Å². The third-order valence-corrected chi connectivity index (χ3v) is 12.7. The molecule has 61 heavy (non-hydrogen) atoms. The highest BCUT2D eigenvalue weighted by atomic mass is 16.5. The van der Waals surface area contributed by atoms with Crippen molar-refractivity contribution in [3.05, 3.63) is 206 Å². The number of anilines is 6. The second kappa shape index (κ2) is 13.5. The lowest BCUT2D eigenvalue weighted by molar-refractivity contribution is 0.484. The number of nitrogens with zero attached hydrogens (tertiary/aromatic N) is 3. The maximum Gasteiger partial charge on any atom is 0.257 e. The molecule has 2 aliphatic rings. The Bertz CT molecular complexity index is 3280. The average molecular weight is 784 g/mol. The van der Waals surface area contributed by atoms with Crippen molar-refractivity contribution in [1.82, 2.24) is 4.57 Å². The molecule has 0 atom stereocenters. The fraction of sp³-hybridized carbons (Fsp3) is 0.0714. The third-order valence-electron chi connectivity index (χ3n) is 12.7. The minimum absolute atomic E-state index is 0.109. The lowest BCUT2D eigenvalue weighted by Gasteiger charge is -2.42. The number of ether oxygens (including phenoxy) is 1. The van der Waals surface area contributed by atoms with Gasteiger partial charge in [-0.25, -0.2) is 0 Å². The van der Waals surface area contributed by atoms with Crippen molar-refractivity contribution in [3.63, 3.8) is 0 Å². The number of benzene rings is 9. The van der Waals surface area contributed by atoms with Crippen LogP contribution in [0.2, 0.25) is 0 Å². The molecule has 1 aromatic heterocycles. The smallest absolute Gasteiger partial charge is 0.257 e. The van der Waals surface area contributed by atoms with Crippen molar-refractivity contribution < 1.29 is 4.74 Å². The first-order valence-corrected chi connectivity index (χ1v) is 21.2. The van der Waals surface area contributed by atoms with Gasteiger partial charge in [0.05, 0.1) is 16.7 Å². The fourth-order valence-corrected chi connectivity index (χ4v) is 9.96. The molecule has 12 rings (SSSR count). The first-order chi connectivity index (χ1) is 29.9. The van der Waals surface area contributed by atoms with Crippen LogP contribution < -0.4 is 30.9 Å². The molecule has 0 unspecified atom stereocenters. The van der Waals surface area contributed by atoms with E-state index in [-0.39, 0.29) is 12.1 Å². The van der Waals surface area contributed by atoms with E-state index in [4.69, 9.17) is 4.74 Å². The van der Waals surface area contributed by atoms with Crippen LogP contribution in [0.5, 0.6) is 11.5 Å². The summed E-state index contributed by atoms with van der Waals surface area (Å²) in [4.78, 5) is 4.91. The lowest BCUT2D eigenvalue weighted by Crippen LogP contribution is -2.60. The van der Waals surface area contributed by atoms with Gasteiger partial charge in [-0.15, -0.1) is 0 Å². The van der Waals surface area contributed by atoms with E-state index in [1.165, 1.54) is 49.0 Å². The van der Waals surface area contributed by atoms with Gasteiger partial charge in [-0.1, -0.05) is 142 Å². The summed E-state index contributed by atoms with van der Waals surface area (Å²) in [6.07, 6.45) is 0. The summed E-state index contributed by atoms with van der Waals surface area (Å²) in [5.74, 6) is 1.81. The zero-order valence-corrected chi connectivity index (χ0v) is 34.4. The number of hydrogen-bond donors (Lipinski definition) is 0. The van der Waals surface area contributed by atoms with Gasteiger partial charge in [0.1, 0.15) is 11.5 Å². The van der Waals surface area contributed by atoms with Crippen LogP contribution >= 0.6 is 0 Å². The first-order valence-electron chi connectivity index (χ1n) is 21.2. The van der Waals surface area contributed by atoms with Gasteiger partial charge in [0.25, 0.3) is 6.71 Å². The third kappa shape index (κ3) is 5.47. The highest BCUT2D eigenvalue weighted by molar-refractivity contribution is 7.00. The number of aromatic nitrogens is 1. The molecule has 0 fully saturated rings. The number of para-hydroxylation sites is 5. The Hall–Kier alpha value is -7.50. The molecule has 290 valence electrons. The fourth-order valence-electron chi connectivity index (χ4n) is 9.96. The Morgan fingerprint density at radius 3 is 1.67 bits per heavy atom. The van der Waals surface area contributed by atoms with Gasteiger partial charge >= 0.3 is 0 Å². The Morgan fingerprint density at radius 2 is 1.02 bits per heavy atom. The van der Waals surface area contributed by atoms with E-state index in [0.29, 0.717) is 0 Å². The Balaban J connectivity index is 1.22. The van der Waals surface area contributed by atoms with Crippen molar-refractivity contribution >= 4 is 89.8 Å². The molecular formula is C56H42BN3O. The molecular weight excluding hydrogens is 741 g/mol. The quantitative estimate of drug-likeness (QED) is 0.162. The molecule has 2 aliphatic heterocycles. The normalized spacial score (nSPS) is 12.9.